The lowest BCUT2D eigenvalue weighted by Crippen LogP contribution is -2.15. The van der Waals surface area contributed by atoms with Gasteiger partial charge < -0.3 is 46.4 Å². The smallest absolute Gasteiger partial charge is 0.325 e. The van der Waals surface area contributed by atoms with Crippen molar-refractivity contribution in [2.75, 3.05) is 24.7 Å². The van der Waals surface area contributed by atoms with Crippen LogP contribution in [0.5, 0.6) is 0 Å². The number of non-ortho nitro benzene ring substituents is 1. The van der Waals surface area contributed by atoms with Crippen molar-refractivity contribution in [3.05, 3.63) is 98.1 Å². The molecular weight excluding hydrogens is 538 g/mol. The Kier molecular flexibility index (Phi) is 17.9. The first-order valence-electron chi connectivity index (χ1n) is 11.9. The van der Waals surface area contributed by atoms with E-state index in [1.54, 1.807) is 36.4 Å². The summed E-state index contributed by atoms with van der Waals surface area (Å²) < 4.78 is 4.48. The SMILES string of the molecule is C.COC(=O)CNc1cc(CO)cc(CO)c1.Nc1cc(CO)cc(CO)c1.O=[N+]([O-])c1cc(CO)cc(CO)c1. The largest absolute Gasteiger partial charge is 0.468 e. The van der Waals surface area contributed by atoms with Gasteiger partial charge in [0, 0.05) is 23.5 Å². The third-order valence-electron chi connectivity index (χ3n) is 5.14. The molecule has 0 bridgehead atoms. The number of nitrogens with two attached hydrogens (primary N) is 1. The summed E-state index contributed by atoms with van der Waals surface area (Å²) in [7, 11) is 1.31. The van der Waals surface area contributed by atoms with Gasteiger partial charge in [0.05, 0.1) is 51.7 Å². The van der Waals surface area contributed by atoms with Crippen LogP contribution in [0, 0.1) is 10.1 Å². The van der Waals surface area contributed by atoms with Gasteiger partial charge in [-0.25, -0.2) is 0 Å². The number of aliphatic hydroxyl groups is 6. The summed E-state index contributed by atoms with van der Waals surface area (Å²) in [6, 6.07) is 14.3. The Hall–Kier alpha value is -4.11. The van der Waals surface area contributed by atoms with Crippen LogP contribution in [0.3, 0.4) is 0 Å². The van der Waals surface area contributed by atoms with Gasteiger partial charge in [0.25, 0.3) is 5.69 Å². The van der Waals surface area contributed by atoms with Gasteiger partial charge in [-0.15, -0.1) is 0 Å². The van der Waals surface area contributed by atoms with Gasteiger partial charge >= 0.3 is 5.97 Å². The molecule has 3 aromatic carbocycles. The van der Waals surface area contributed by atoms with E-state index >= 15 is 0 Å². The van der Waals surface area contributed by atoms with E-state index in [1.807, 2.05) is 0 Å². The lowest BCUT2D eigenvalue weighted by atomic mass is 10.1. The highest BCUT2D eigenvalue weighted by Gasteiger charge is 2.08. The Labute approximate surface area is 238 Å². The van der Waals surface area contributed by atoms with Crippen LogP contribution >= 0.6 is 0 Å². The molecule has 0 aromatic heterocycles. The third-order valence-corrected chi connectivity index (χ3v) is 5.14. The van der Waals surface area contributed by atoms with Crippen molar-refractivity contribution in [1.82, 2.24) is 0 Å². The number of benzene rings is 3. The molecule has 226 valence electrons. The number of esters is 1. The molecule has 0 saturated carbocycles. The normalized spacial score (nSPS) is 9.73. The molecule has 0 aliphatic rings. The Morgan fingerprint density at radius 2 is 1.07 bits per heavy atom. The molecule has 0 aliphatic heterocycles. The zero-order valence-corrected chi connectivity index (χ0v) is 22.0. The number of nitrogen functional groups attached to an aromatic ring is 1. The number of aliphatic hydroxyl groups excluding tert-OH is 6. The molecule has 0 heterocycles. The van der Waals surface area contributed by atoms with Crippen molar-refractivity contribution in [3.8, 4) is 0 Å². The van der Waals surface area contributed by atoms with Gasteiger partial charge in [0.2, 0.25) is 0 Å². The number of carbonyl (C=O) groups excluding carboxylic acids is 1. The summed E-state index contributed by atoms with van der Waals surface area (Å²) in [5.74, 6) is -0.375. The van der Waals surface area contributed by atoms with E-state index < -0.39 is 4.92 Å². The van der Waals surface area contributed by atoms with E-state index in [0.717, 1.165) is 11.1 Å². The van der Waals surface area contributed by atoms with Gasteiger partial charge in [-0.3, -0.25) is 14.9 Å². The van der Waals surface area contributed by atoms with Crippen molar-refractivity contribution in [1.29, 1.82) is 0 Å². The fourth-order valence-corrected chi connectivity index (χ4v) is 3.30. The molecule has 13 nitrogen and oxygen atoms in total. The summed E-state index contributed by atoms with van der Waals surface area (Å²) in [4.78, 5) is 20.7. The molecule has 3 rings (SSSR count). The second-order valence-corrected chi connectivity index (χ2v) is 8.26. The number of hydrogen-bond acceptors (Lipinski definition) is 12. The minimum atomic E-state index is -0.557. The van der Waals surface area contributed by atoms with Gasteiger partial charge in [0.1, 0.15) is 6.54 Å². The summed E-state index contributed by atoms with van der Waals surface area (Å²) >= 11 is 0. The fraction of sp³-hybridized carbons (Fsp3) is 0.321. The Morgan fingerprint density at radius 1 is 0.732 bits per heavy atom. The molecule has 41 heavy (non-hydrogen) atoms. The number of ether oxygens (including phenoxy) is 1. The predicted octanol–water partition coefficient (Wildman–Crippen LogP) is 1.72. The lowest BCUT2D eigenvalue weighted by Gasteiger charge is -2.08. The highest BCUT2D eigenvalue weighted by molar-refractivity contribution is 5.74. The number of hydrogen-bond donors (Lipinski definition) is 8. The molecule has 0 spiro atoms. The molecule has 13 heteroatoms. The summed E-state index contributed by atoms with van der Waals surface area (Å²) in [6.45, 7) is -0.794. The zero-order chi connectivity index (χ0) is 30.1. The first kappa shape index (κ1) is 36.9. The van der Waals surface area contributed by atoms with Crippen molar-refractivity contribution >= 4 is 23.0 Å². The monoisotopic (exact) mass is 577 g/mol. The van der Waals surface area contributed by atoms with Crippen LogP contribution in [0.15, 0.2) is 54.6 Å². The Bertz CT molecular complexity index is 1170. The van der Waals surface area contributed by atoms with Gasteiger partial charge in [-0.2, -0.15) is 0 Å². The van der Waals surface area contributed by atoms with Crippen LogP contribution in [-0.2, 0) is 49.2 Å². The number of nitrogens with one attached hydrogen (secondary N) is 1. The second-order valence-electron chi connectivity index (χ2n) is 8.26. The minimum absolute atomic E-state index is 0. The number of nitro benzene ring substituents is 1. The molecule has 0 saturated heterocycles. The van der Waals surface area contributed by atoms with E-state index in [4.69, 9.17) is 36.4 Å². The van der Waals surface area contributed by atoms with Crippen LogP contribution in [0.4, 0.5) is 17.1 Å². The standard InChI is InChI=1S/C11H15NO4.C8H9NO4.C8H11NO2.CH4/c1-16-11(15)5-12-10-3-8(6-13)2-9(4-10)7-14;10-4-6-1-7(5-11)3-8(2-6)9(12)13;9-8-2-6(4-10)1-7(3-8)5-11;/h2-4,12-14H,5-7H2,1H3;1-3,10-11H,4-5H2;1-3,10-11H,4-5,9H2;1H4. The lowest BCUT2D eigenvalue weighted by molar-refractivity contribution is -0.385. The molecule has 0 unspecified atom stereocenters. The summed E-state index contributed by atoms with van der Waals surface area (Å²) in [6.07, 6.45) is 0. The maximum atomic E-state index is 10.9. The van der Waals surface area contributed by atoms with Crippen LogP contribution < -0.4 is 11.1 Å². The minimum Gasteiger partial charge on any atom is -0.468 e. The molecule has 0 atom stereocenters. The Morgan fingerprint density at radius 3 is 1.39 bits per heavy atom. The van der Waals surface area contributed by atoms with Crippen molar-refractivity contribution < 1.29 is 45.1 Å². The summed E-state index contributed by atoms with van der Waals surface area (Å²) in [5, 5.41) is 66.2. The van der Waals surface area contributed by atoms with Crippen molar-refractivity contribution in [2.45, 2.75) is 47.1 Å². The molecule has 0 radical (unpaired) electrons. The average Bonchev–Trinajstić information content (AvgIpc) is 2.99. The highest BCUT2D eigenvalue weighted by atomic mass is 16.6. The predicted molar refractivity (Wildman–Crippen MR) is 153 cm³/mol. The maximum absolute atomic E-state index is 10.9. The number of carbonyl (C=O) groups is 1. The molecule has 0 amide bonds. The summed E-state index contributed by atoms with van der Waals surface area (Å²) in [5.41, 5.74) is 10.3. The van der Waals surface area contributed by atoms with E-state index in [1.165, 1.54) is 25.3 Å². The molecule has 9 N–H and O–H groups in total. The molecular formula is C28H39N3O10. The highest BCUT2D eigenvalue weighted by Crippen LogP contribution is 2.17. The average molecular weight is 578 g/mol. The molecule has 0 aliphatic carbocycles. The maximum Gasteiger partial charge on any atom is 0.325 e. The first-order chi connectivity index (χ1) is 19.1. The van der Waals surface area contributed by atoms with E-state index in [2.05, 4.69) is 10.1 Å². The van der Waals surface area contributed by atoms with Gasteiger partial charge in [-0.1, -0.05) is 25.6 Å². The van der Waals surface area contributed by atoms with Crippen molar-refractivity contribution in [3.63, 3.8) is 0 Å². The van der Waals surface area contributed by atoms with Crippen molar-refractivity contribution in [2.24, 2.45) is 0 Å². The van der Waals surface area contributed by atoms with Crippen LogP contribution in [0.1, 0.15) is 40.8 Å². The zero-order valence-electron chi connectivity index (χ0n) is 22.0. The molecule has 3 aromatic rings. The van der Waals surface area contributed by atoms with E-state index in [0.29, 0.717) is 33.6 Å². The number of methoxy groups -OCH3 is 1. The van der Waals surface area contributed by atoms with E-state index in [9.17, 15) is 14.9 Å². The quantitative estimate of drug-likeness (QED) is 0.0745. The van der Waals surface area contributed by atoms with Crippen LogP contribution in [0.25, 0.3) is 0 Å². The van der Waals surface area contributed by atoms with Crippen LogP contribution in [0.2, 0.25) is 0 Å². The molecule has 0 fully saturated rings. The van der Waals surface area contributed by atoms with Gasteiger partial charge in [-0.05, 0) is 57.6 Å². The third kappa shape index (κ3) is 13.7. The number of anilines is 2. The number of nitrogens with zero attached hydrogens (tertiary/aromatic N) is 1. The fourth-order valence-electron chi connectivity index (χ4n) is 3.30. The van der Waals surface area contributed by atoms with E-state index in [-0.39, 0.29) is 65.3 Å². The topological polar surface area (TPSA) is 229 Å². The van der Waals surface area contributed by atoms with Crippen LogP contribution in [-0.4, -0.2) is 55.2 Å². The number of rotatable bonds is 10. The first-order valence-corrected chi connectivity index (χ1v) is 11.9. The Balaban J connectivity index is 0.000000588. The van der Waals surface area contributed by atoms with Gasteiger partial charge in [0.15, 0.2) is 0 Å². The number of nitro groups is 1. The second kappa shape index (κ2) is 19.9.